The second kappa shape index (κ2) is 5.98. The van der Waals surface area contributed by atoms with Crippen molar-refractivity contribution in [3.05, 3.63) is 71.0 Å². The summed E-state index contributed by atoms with van der Waals surface area (Å²) in [5.74, 6) is 2.00. The van der Waals surface area contributed by atoms with Crippen LogP contribution in [-0.4, -0.2) is 5.75 Å². The van der Waals surface area contributed by atoms with Crippen molar-refractivity contribution in [1.29, 1.82) is 0 Å². The van der Waals surface area contributed by atoms with Crippen LogP contribution in [0.2, 0.25) is 0 Å². The highest BCUT2D eigenvalue weighted by Gasteiger charge is 2.21. The van der Waals surface area contributed by atoms with Crippen LogP contribution in [0.25, 0.3) is 0 Å². The predicted molar refractivity (Wildman–Crippen MR) is 83.3 cm³/mol. The van der Waals surface area contributed by atoms with Crippen molar-refractivity contribution in [2.45, 2.75) is 24.8 Å². The molecule has 1 unspecified atom stereocenters. The van der Waals surface area contributed by atoms with E-state index in [0.717, 1.165) is 17.1 Å². The largest absolute Gasteiger partial charge is 0.303 e. The van der Waals surface area contributed by atoms with Crippen molar-refractivity contribution in [3.63, 3.8) is 0 Å². The Balaban J connectivity index is 1.77. The lowest BCUT2D eigenvalue weighted by molar-refractivity contribution is 0.495. The Hall–Kier alpha value is -1.32. The van der Waals surface area contributed by atoms with Crippen LogP contribution in [0.15, 0.2) is 48.5 Å². The first-order chi connectivity index (χ1) is 9.74. The Morgan fingerprint density at radius 1 is 1.15 bits per heavy atom. The number of rotatable bonds is 3. The second-order valence-corrected chi connectivity index (χ2v) is 6.24. The molecule has 0 amide bonds. The molecule has 2 aromatic rings. The Morgan fingerprint density at radius 2 is 1.90 bits per heavy atom. The fourth-order valence-electron chi connectivity index (χ4n) is 2.67. The third kappa shape index (κ3) is 2.89. The Kier molecular flexibility index (Phi) is 4.08. The van der Waals surface area contributed by atoms with Crippen molar-refractivity contribution < 1.29 is 4.39 Å². The van der Waals surface area contributed by atoms with E-state index in [-0.39, 0.29) is 11.9 Å². The molecule has 3 rings (SSSR count). The number of hydrogen-bond donors (Lipinski definition) is 1. The normalized spacial score (nSPS) is 19.4. The highest BCUT2D eigenvalue weighted by Crippen LogP contribution is 2.33. The van der Waals surface area contributed by atoms with Crippen molar-refractivity contribution in [2.24, 2.45) is 0 Å². The Morgan fingerprint density at radius 3 is 2.70 bits per heavy atom. The molecule has 0 spiro atoms. The quantitative estimate of drug-likeness (QED) is 0.894. The van der Waals surface area contributed by atoms with Crippen LogP contribution < -0.4 is 5.32 Å². The molecule has 20 heavy (non-hydrogen) atoms. The minimum atomic E-state index is -0.181. The maximum Gasteiger partial charge on any atom is 0.123 e. The zero-order chi connectivity index (χ0) is 13.9. The number of nitrogens with one attached hydrogen (secondary N) is 1. The lowest BCUT2D eigenvalue weighted by Crippen LogP contribution is -2.29. The van der Waals surface area contributed by atoms with Gasteiger partial charge in [0, 0.05) is 23.6 Å². The van der Waals surface area contributed by atoms with E-state index in [9.17, 15) is 4.39 Å². The minimum Gasteiger partial charge on any atom is -0.303 e. The molecule has 0 saturated heterocycles. The second-order valence-electron chi connectivity index (χ2n) is 5.21. The molecule has 0 fully saturated rings. The lowest BCUT2D eigenvalue weighted by Gasteiger charge is -2.29. The van der Waals surface area contributed by atoms with Gasteiger partial charge in [-0.1, -0.05) is 36.4 Å². The van der Waals surface area contributed by atoms with Gasteiger partial charge >= 0.3 is 0 Å². The van der Waals surface area contributed by atoms with Gasteiger partial charge in [0.2, 0.25) is 0 Å². The van der Waals surface area contributed by atoms with E-state index < -0.39 is 0 Å². The molecule has 2 aromatic carbocycles. The number of benzene rings is 2. The van der Waals surface area contributed by atoms with Crippen molar-refractivity contribution in [2.75, 3.05) is 5.75 Å². The zero-order valence-electron chi connectivity index (χ0n) is 11.5. The van der Waals surface area contributed by atoms with E-state index in [2.05, 4.69) is 36.5 Å². The number of hydrogen-bond acceptors (Lipinski definition) is 2. The fraction of sp³-hybridized carbons (Fsp3) is 0.294. The van der Waals surface area contributed by atoms with E-state index in [1.54, 1.807) is 0 Å². The number of fused-ring (bicyclic) bond motifs is 1. The molecule has 0 saturated carbocycles. The highest BCUT2D eigenvalue weighted by molar-refractivity contribution is 7.98. The van der Waals surface area contributed by atoms with Crippen LogP contribution in [0.5, 0.6) is 0 Å². The van der Waals surface area contributed by atoms with Gasteiger partial charge in [-0.25, -0.2) is 4.39 Å². The van der Waals surface area contributed by atoms with Crippen LogP contribution in [0, 0.1) is 5.82 Å². The molecule has 0 aliphatic carbocycles. The molecular formula is C17H18FNS. The molecule has 1 aliphatic rings. The lowest BCUT2D eigenvalue weighted by atomic mass is 10.00. The monoisotopic (exact) mass is 287 g/mol. The van der Waals surface area contributed by atoms with Gasteiger partial charge in [-0.05, 0) is 35.7 Å². The summed E-state index contributed by atoms with van der Waals surface area (Å²) in [6.07, 6.45) is 0. The summed E-state index contributed by atoms with van der Waals surface area (Å²) >= 11 is 1.96. The SMILES string of the molecule is C[C@H](NC1CSCc2ccccc21)c1ccc(F)cc1. The molecule has 0 bridgehead atoms. The van der Waals surface area contributed by atoms with Gasteiger partial charge in [-0.3, -0.25) is 0 Å². The highest BCUT2D eigenvalue weighted by atomic mass is 32.2. The fourth-order valence-corrected chi connectivity index (χ4v) is 3.78. The molecule has 2 atom stereocenters. The standard InChI is InChI=1S/C17H18FNS/c1-12(13-6-8-15(18)9-7-13)19-17-11-20-10-14-4-2-3-5-16(14)17/h2-9,12,17,19H,10-11H2,1H3/t12-,17?/m0/s1. The Bertz CT molecular complexity index is 582. The first-order valence-corrected chi connectivity index (χ1v) is 8.06. The summed E-state index contributed by atoms with van der Waals surface area (Å²) in [4.78, 5) is 0. The van der Waals surface area contributed by atoms with Crippen molar-refractivity contribution >= 4 is 11.8 Å². The summed E-state index contributed by atoms with van der Waals surface area (Å²) in [6.45, 7) is 2.13. The van der Waals surface area contributed by atoms with Crippen LogP contribution in [0.1, 0.15) is 35.7 Å². The average Bonchev–Trinajstić information content (AvgIpc) is 2.48. The topological polar surface area (TPSA) is 12.0 Å². The van der Waals surface area contributed by atoms with Gasteiger partial charge in [0.25, 0.3) is 0 Å². The molecule has 104 valence electrons. The van der Waals surface area contributed by atoms with Crippen LogP contribution in [0.3, 0.4) is 0 Å². The van der Waals surface area contributed by atoms with Crippen LogP contribution in [-0.2, 0) is 5.75 Å². The van der Waals surface area contributed by atoms with Gasteiger partial charge in [-0.15, -0.1) is 0 Å². The molecule has 1 N–H and O–H groups in total. The zero-order valence-corrected chi connectivity index (χ0v) is 12.3. The molecule has 3 heteroatoms. The van der Waals surface area contributed by atoms with Crippen molar-refractivity contribution in [1.82, 2.24) is 5.32 Å². The maximum atomic E-state index is 13.0. The summed E-state index contributed by atoms with van der Waals surface area (Å²) in [7, 11) is 0. The first kappa shape index (κ1) is 13.7. The molecule has 0 aromatic heterocycles. The molecular weight excluding hydrogens is 269 g/mol. The van der Waals surface area contributed by atoms with Gasteiger partial charge < -0.3 is 5.32 Å². The molecule has 1 aliphatic heterocycles. The third-order valence-corrected chi connectivity index (χ3v) is 4.88. The van der Waals surface area contributed by atoms with E-state index in [1.165, 1.54) is 23.3 Å². The number of halogens is 1. The molecule has 1 heterocycles. The third-order valence-electron chi connectivity index (χ3n) is 3.79. The summed E-state index contributed by atoms with van der Waals surface area (Å²) < 4.78 is 13.0. The van der Waals surface area contributed by atoms with E-state index in [4.69, 9.17) is 0 Å². The van der Waals surface area contributed by atoms with Crippen LogP contribution >= 0.6 is 11.8 Å². The van der Waals surface area contributed by atoms with Gasteiger partial charge in [0.15, 0.2) is 0 Å². The van der Waals surface area contributed by atoms with Gasteiger partial charge in [0.1, 0.15) is 5.82 Å². The van der Waals surface area contributed by atoms with Crippen LogP contribution in [0.4, 0.5) is 4.39 Å². The van der Waals surface area contributed by atoms with E-state index in [1.807, 2.05) is 23.9 Å². The summed E-state index contributed by atoms with van der Waals surface area (Å²) in [5.41, 5.74) is 3.95. The summed E-state index contributed by atoms with van der Waals surface area (Å²) in [6, 6.07) is 16.0. The maximum absolute atomic E-state index is 13.0. The molecule has 1 nitrogen and oxygen atoms in total. The van der Waals surface area contributed by atoms with Gasteiger partial charge in [-0.2, -0.15) is 11.8 Å². The predicted octanol–water partition coefficient (Wildman–Crippen LogP) is 4.46. The van der Waals surface area contributed by atoms with E-state index >= 15 is 0 Å². The molecule has 0 radical (unpaired) electrons. The average molecular weight is 287 g/mol. The smallest absolute Gasteiger partial charge is 0.123 e. The van der Waals surface area contributed by atoms with Gasteiger partial charge in [0.05, 0.1) is 0 Å². The van der Waals surface area contributed by atoms with E-state index in [0.29, 0.717) is 6.04 Å². The summed E-state index contributed by atoms with van der Waals surface area (Å²) in [5, 5.41) is 3.67. The first-order valence-electron chi connectivity index (χ1n) is 6.91. The number of thioether (sulfide) groups is 1. The van der Waals surface area contributed by atoms with Crippen molar-refractivity contribution in [3.8, 4) is 0 Å². The minimum absolute atomic E-state index is 0.181. The Labute approximate surface area is 123 Å².